The molecule has 2 aliphatic rings. The third-order valence-electron chi connectivity index (χ3n) is 10.8. The van der Waals surface area contributed by atoms with Crippen molar-refractivity contribution in [1.82, 2.24) is 4.90 Å². The average molecular weight is 614 g/mol. The van der Waals surface area contributed by atoms with Gasteiger partial charge in [0, 0.05) is 12.6 Å². The fourth-order valence-corrected chi connectivity index (χ4v) is 8.37. The summed E-state index contributed by atoms with van der Waals surface area (Å²) < 4.78 is 0. The molecule has 2 aliphatic heterocycles. The van der Waals surface area contributed by atoms with Crippen molar-refractivity contribution >= 4 is 43.1 Å². The first-order chi connectivity index (χ1) is 23.7. The van der Waals surface area contributed by atoms with Gasteiger partial charge in [0.15, 0.2) is 0 Å². The van der Waals surface area contributed by atoms with E-state index in [0.717, 1.165) is 6.42 Å². The molecule has 0 bridgehead atoms. The maximum Gasteiger partial charge on any atom is 0.0539 e. The largest absolute Gasteiger partial charge is 0.283 e. The zero-order chi connectivity index (χ0) is 31.8. The normalized spacial score (nSPS) is 18.2. The van der Waals surface area contributed by atoms with Crippen LogP contribution in [0.2, 0.25) is 0 Å². The quantitative estimate of drug-likeness (QED) is 0.106. The Hall–Kier alpha value is -5.50. The highest BCUT2D eigenvalue weighted by atomic mass is 15.3. The number of benzene rings is 8. The summed E-state index contributed by atoms with van der Waals surface area (Å²) in [5, 5.41) is 10.3. The zero-order valence-corrected chi connectivity index (χ0v) is 27.0. The van der Waals surface area contributed by atoms with Crippen molar-refractivity contribution in [1.29, 1.82) is 0 Å². The van der Waals surface area contributed by atoms with Crippen molar-refractivity contribution in [3.63, 3.8) is 0 Å². The summed E-state index contributed by atoms with van der Waals surface area (Å²) in [5.41, 5.74) is 10.5. The van der Waals surface area contributed by atoms with Crippen LogP contribution in [0.3, 0.4) is 0 Å². The van der Waals surface area contributed by atoms with E-state index in [4.69, 9.17) is 0 Å². The molecule has 1 fully saturated rings. The summed E-state index contributed by atoms with van der Waals surface area (Å²) in [6, 6.07) is 55.8. The van der Waals surface area contributed by atoms with Gasteiger partial charge in [-0.1, -0.05) is 153 Å². The van der Waals surface area contributed by atoms with Crippen LogP contribution in [0.4, 0.5) is 0 Å². The third kappa shape index (κ3) is 4.28. The predicted octanol–water partition coefficient (Wildman–Crippen LogP) is 12.2. The third-order valence-corrected chi connectivity index (χ3v) is 10.8. The second kappa shape index (κ2) is 10.8. The highest BCUT2D eigenvalue weighted by molar-refractivity contribution is 6.24. The molecule has 228 valence electrons. The molecule has 1 heteroatoms. The van der Waals surface area contributed by atoms with E-state index in [2.05, 4.69) is 170 Å². The average Bonchev–Trinajstić information content (AvgIpc) is 3.81. The minimum atomic E-state index is 0.396. The van der Waals surface area contributed by atoms with E-state index in [1.807, 2.05) is 0 Å². The van der Waals surface area contributed by atoms with E-state index >= 15 is 0 Å². The van der Waals surface area contributed by atoms with Gasteiger partial charge in [-0.2, -0.15) is 0 Å². The maximum absolute atomic E-state index is 2.56. The second-order valence-electron chi connectivity index (χ2n) is 13.5. The molecule has 0 spiro atoms. The van der Waals surface area contributed by atoms with Crippen molar-refractivity contribution in [2.45, 2.75) is 25.4 Å². The number of fused-ring (bicyclic) bond motifs is 5. The monoisotopic (exact) mass is 613 g/mol. The molecule has 0 N–H and O–H groups in total. The first kappa shape index (κ1) is 27.6. The lowest BCUT2D eigenvalue weighted by atomic mass is 9.83. The summed E-state index contributed by atoms with van der Waals surface area (Å²) >= 11 is 0. The molecule has 48 heavy (non-hydrogen) atoms. The Balaban J connectivity index is 1.19. The summed E-state index contributed by atoms with van der Waals surface area (Å²) in [7, 11) is 0. The number of nitrogens with zero attached hydrogens (tertiary/aromatic N) is 1. The van der Waals surface area contributed by atoms with Crippen molar-refractivity contribution in [2.24, 2.45) is 0 Å². The van der Waals surface area contributed by atoms with E-state index < -0.39 is 0 Å². The van der Waals surface area contributed by atoms with Gasteiger partial charge in [-0.25, -0.2) is 0 Å². The van der Waals surface area contributed by atoms with Crippen molar-refractivity contribution in [3.05, 3.63) is 169 Å². The number of hydrogen-bond acceptors (Lipinski definition) is 1. The highest BCUT2D eigenvalue weighted by Crippen LogP contribution is 2.47. The fourth-order valence-electron chi connectivity index (χ4n) is 8.37. The smallest absolute Gasteiger partial charge is 0.0539 e. The standard InChI is InChI=1S/C47H35N/c1-2-30-18-19-32-27-35(21-20-31(32)26-30)46-40-14-5-7-16-42(40)47(43-17-8-6-15-41(43)46)44-24-23-37(38-12-3-4-13-39(38)44)33-10-9-11-34(28-33)45-25-22-36-29-48(36)45/h3-28,36,45H,2,29H2,1H3. The van der Waals surface area contributed by atoms with Crippen LogP contribution in [0.25, 0.3) is 76.5 Å². The van der Waals surface area contributed by atoms with Crippen LogP contribution < -0.4 is 0 Å². The number of rotatable bonds is 5. The molecule has 1 saturated heterocycles. The molecule has 8 aromatic rings. The van der Waals surface area contributed by atoms with E-state index in [1.165, 1.54) is 94.1 Å². The molecule has 0 saturated carbocycles. The Morgan fingerprint density at radius 1 is 0.500 bits per heavy atom. The Kier molecular flexibility index (Phi) is 6.19. The maximum atomic E-state index is 2.56. The van der Waals surface area contributed by atoms with E-state index in [9.17, 15) is 0 Å². The van der Waals surface area contributed by atoms with Gasteiger partial charge in [0.05, 0.1) is 6.04 Å². The van der Waals surface area contributed by atoms with Crippen molar-refractivity contribution in [3.8, 4) is 33.4 Å². The molecule has 10 rings (SSSR count). The molecule has 0 amide bonds. The van der Waals surface area contributed by atoms with Gasteiger partial charge in [0.1, 0.15) is 0 Å². The summed E-state index contributed by atoms with van der Waals surface area (Å²) in [6.07, 6.45) is 5.78. The van der Waals surface area contributed by atoms with Crippen LogP contribution in [0.15, 0.2) is 158 Å². The minimum Gasteiger partial charge on any atom is -0.283 e. The topological polar surface area (TPSA) is 3.01 Å². The Morgan fingerprint density at radius 3 is 1.79 bits per heavy atom. The van der Waals surface area contributed by atoms with Crippen molar-refractivity contribution in [2.75, 3.05) is 6.54 Å². The van der Waals surface area contributed by atoms with Crippen LogP contribution in [0.5, 0.6) is 0 Å². The predicted molar refractivity (Wildman–Crippen MR) is 205 cm³/mol. The fraction of sp³-hybridized carbons (Fsp3) is 0.106. The molecule has 0 radical (unpaired) electrons. The van der Waals surface area contributed by atoms with Crippen LogP contribution >= 0.6 is 0 Å². The molecule has 8 aromatic carbocycles. The highest BCUT2D eigenvalue weighted by Gasteiger charge is 2.41. The van der Waals surface area contributed by atoms with E-state index in [-0.39, 0.29) is 0 Å². The Labute approximate surface area is 281 Å². The lowest BCUT2D eigenvalue weighted by Gasteiger charge is -2.20. The molecule has 0 aliphatic carbocycles. The molecule has 3 unspecified atom stereocenters. The molecule has 3 atom stereocenters. The SMILES string of the molecule is CCc1ccc2cc(-c3c4ccccc4c(-c4ccc(-c5cccc(C6C=CC7CN76)c5)c5ccccc45)c4ccccc34)ccc2c1. The Morgan fingerprint density at radius 2 is 1.12 bits per heavy atom. The van der Waals surface area contributed by atoms with E-state index in [1.54, 1.807) is 0 Å². The molecule has 1 nitrogen and oxygen atoms in total. The number of aryl methyl sites for hydroxylation is 1. The zero-order valence-electron chi connectivity index (χ0n) is 27.0. The van der Waals surface area contributed by atoms with Gasteiger partial charge in [-0.05, 0) is 106 Å². The van der Waals surface area contributed by atoms with Crippen LogP contribution in [-0.2, 0) is 6.42 Å². The minimum absolute atomic E-state index is 0.396. The summed E-state index contributed by atoms with van der Waals surface area (Å²) in [5.74, 6) is 0. The lowest BCUT2D eigenvalue weighted by molar-refractivity contribution is 0.486. The Bertz CT molecular complexity index is 2550. The summed E-state index contributed by atoms with van der Waals surface area (Å²) in [6.45, 7) is 3.41. The lowest BCUT2D eigenvalue weighted by Crippen LogP contribution is -2.04. The number of hydrogen-bond donors (Lipinski definition) is 0. The van der Waals surface area contributed by atoms with Crippen LogP contribution in [0, 0.1) is 0 Å². The first-order valence-electron chi connectivity index (χ1n) is 17.3. The van der Waals surface area contributed by atoms with E-state index in [0.29, 0.717) is 12.1 Å². The van der Waals surface area contributed by atoms with Gasteiger partial charge >= 0.3 is 0 Å². The first-order valence-corrected chi connectivity index (χ1v) is 17.3. The molecule has 0 aromatic heterocycles. The van der Waals surface area contributed by atoms with Gasteiger partial charge < -0.3 is 0 Å². The second-order valence-corrected chi connectivity index (χ2v) is 13.5. The van der Waals surface area contributed by atoms with Crippen LogP contribution in [0.1, 0.15) is 24.1 Å². The summed E-state index contributed by atoms with van der Waals surface area (Å²) in [4.78, 5) is 2.56. The van der Waals surface area contributed by atoms with Gasteiger partial charge in [-0.15, -0.1) is 0 Å². The molecular formula is C47H35N. The van der Waals surface area contributed by atoms with Crippen LogP contribution in [-0.4, -0.2) is 17.5 Å². The molecular weight excluding hydrogens is 579 g/mol. The molecule has 2 heterocycles. The van der Waals surface area contributed by atoms with Gasteiger partial charge in [-0.3, -0.25) is 4.90 Å². The van der Waals surface area contributed by atoms with Crippen molar-refractivity contribution < 1.29 is 0 Å². The van der Waals surface area contributed by atoms with Gasteiger partial charge in [0.25, 0.3) is 0 Å². The van der Waals surface area contributed by atoms with Gasteiger partial charge in [0.2, 0.25) is 0 Å².